The fourth-order valence-electron chi connectivity index (χ4n) is 10.6. The van der Waals surface area contributed by atoms with Gasteiger partial charge in [-0.3, -0.25) is 0 Å². The Kier molecular flexibility index (Phi) is 7.07. The summed E-state index contributed by atoms with van der Waals surface area (Å²) in [4.78, 5) is 6.55. The van der Waals surface area contributed by atoms with Crippen LogP contribution in [0, 0.1) is 0 Å². The minimum absolute atomic E-state index is 0.0187. The van der Waals surface area contributed by atoms with Crippen molar-refractivity contribution in [1.82, 2.24) is 0 Å². The maximum atomic E-state index is 6.74. The third kappa shape index (κ3) is 4.61. The van der Waals surface area contributed by atoms with Crippen LogP contribution in [0.4, 0.5) is 0 Å². The first-order valence-corrected chi connectivity index (χ1v) is 20.8. The summed E-state index contributed by atoms with van der Waals surface area (Å²) in [6.07, 6.45) is 4.62. The smallest absolute Gasteiger partial charge is 0.241 e. The average Bonchev–Trinajstić information content (AvgIpc) is 3.61. The number of nitrogens with zero attached hydrogens (tertiary/aromatic N) is 1. The largest absolute Gasteiger partial charge is 0.457 e. The highest BCUT2D eigenvalue weighted by Crippen LogP contribution is 2.65. The lowest BCUT2D eigenvalue weighted by molar-refractivity contribution is -0.805. The maximum Gasteiger partial charge on any atom is 0.241 e. The van der Waals surface area contributed by atoms with Gasteiger partial charge in [0.1, 0.15) is 17.7 Å². The van der Waals surface area contributed by atoms with Crippen molar-refractivity contribution >= 4 is 38.5 Å². The van der Waals surface area contributed by atoms with E-state index in [4.69, 9.17) is 9.73 Å². The second-order valence-corrected chi connectivity index (χ2v) is 16.3. The Morgan fingerprint density at radius 3 is 1.73 bits per heavy atom. The Morgan fingerprint density at radius 1 is 0.467 bits per heavy atom. The zero-order valence-electron chi connectivity index (χ0n) is 32.6. The van der Waals surface area contributed by atoms with Gasteiger partial charge < -0.3 is 4.74 Å². The van der Waals surface area contributed by atoms with Crippen LogP contribution in [0.1, 0.15) is 45.1 Å². The van der Waals surface area contributed by atoms with Gasteiger partial charge >= 0.3 is 0 Å². The second kappa shape index (κ2) is 12.7. The summed E-state index contributed by atoms with van der Waals surface area (Å²) >= 11 is 0. The Balaban J connectivity index is 0.974. The van der Waals surface area contributed by atoms with Crippen LogP contribution in [0.2, 0.25) is 0 Å². The number of amidine groups is 1. The van der Waals surface area contributed by atoms with Gasteiger partial charge in [-0.2, -0.15) is 4.99 Å². The number of hydrogen-bond donors (Lipinski definition) is 1. The summed E-state index contributed by atoms with van der Waals surface area (Å²) in [6, 6.07) is 72.9. The summed E-state index contributed by atoms with van der Waals surface area (Å²) in [5.41, 5.74) is 15.3. The first-order valence-electron chi connectivity index (χ1n) is 20.8. The molecule has 60 heavy (non-hydrogen) atoms. The number of ether oxygens (including phenoxy) is 1. The number of allylic oxidation sites excluding steroid dienone is 2. The maximum absolute atomic E-state index is 6.74. The lowest BCUT2D eigenvalue weighted by Gasteiger charge is -2.40. The fourth-order valence-corrected chi connectivity index (χ4v) is 10.6. The molecular weight excluding hydrogens is 729 g/mol. The van der Waals surface area contributed by atoms with Crippen LogP contribution in [0.25, 0.3) is 54.9 Å². The summed E-state index contributed by atoms with van der Waals surface area (Å²) in [7, 11) is 0. The highest BCUT2D eigenvalue weighted by Gasteiger charge is 2.52. The molecule has 0 radical (unpaired) electrons. The number of para-hydroxylation sites is 2. The third-order valence-corrected chi connectivity index (χ3v) is 13.2. The van der Waals surface area contributed by atoms with E-state index in [-0.39, 0.29) is 6.17 Å². The van der Waals surface area contributed by atoms with E-state index in [1.54, 1.807) is 0 Å². The molecule has 3 nitrogen and oxygen atoms in total. The van der Waals surface area contributed by atoms with Crippen molar-refractivity contribution in [2.45, 2.75) is 11.6 Å². The molecule has 3 aliphatic heterocycles. The topological polar surface area (TPSA) is 26.0 Å². The van der Waals surface area contributed by atoms with Crippen LogP contribution in [-0.4, -0.2) is 5.84 Å². The van der Waals surface area contributed by atoms with E-state index in [2.05, 4.69) is 212 Å². The molecule has 0 saturated heterocycles. The molecule has 3 heterocycles. The second-order valence-electron chi connectivity index (χ2n) is 16.3. The molecule has 9 aromatic carbocycles. The molecule has 0 fully saturated rings. The number of nitrogens with one attached hydrogen (secondary N) is 1. The molecule has 3 heteroatoms. The van der Waals surface area contributed by atoms with Crippen LogP contribution >= 0.6 is 0 Å². The minimum atomic E-state index is -0.600. The number of benzene rings is 9. The Bertz CT molecular complexity index is 3300. The molecule has 0 amide bonds. The van der Waals surface area contributed by atoms with Crippen molar-refractivity contribution in [2.24, 2.45) is 4.99 Å². The number of fused-ring (bicyclic) bond motifs is 15. The van der Waals surface area contributed by atoms with E-state index in [0.717, 1.165) is 17.3 Å². The monoisotopic (exact) mass is 765 g/mol. The van der Waals surface area contributed by atoms with Gasteiger partial charge in [0.15, 0.2) is 0 Å². The molecule has 2 unspecified atom stereocenters. The first-order chi connectivity index (χ1) is 29.8. The van der Waals surface area contributed by atoms with Crippen LogP contribution in [0.3, 0.4) is 0 Å². The molecule has 0 saturated carbocycles. The molecule has 1 aliphatic carbocycles. The summed E-state index contributed by atoms with van der Waals surface area (Å²) in [5.74, 6) is 2.89. The minimum Gasteiger partial charge on any atom is -0.457 e. The van der Waals surface area contributed by atoms with E-state index in [0.29, 0.717) is 0 Å². The number of aliphatic imine (C=N–C) groups is 1. The predicted octanol–water partition coefficient (Wildman–Crippen LogP) is 12.6. The highest BCUT2D eigenvalue weighted by atomic mass is 16.5. The molecule has 0 aromatic heterocycles. The highest BCUT2D eigenvalue weighted by molar-refractivity contribution is 6.23. The van der Waals surface area contributed by atoms with Crippen molar-refractivity contribution in [2.75, 3.05) is 0 Å². The molecule has 280 valence electrons. The zero-order chi connectivity index (χ0) is 39.4. The quantitative estimate of drug-likeness (QED) is 0.177. The van der Waals surface area contributed by atoms with E-state index < -0.39 is 5.41 Å². The molecule has 4 aliphatic rings. The van der Waals surface area contributed by atoms with Gasteiger partial charge in [-0.1, -0.05) is 182 Å². The molecule has 13 rings (SSSR count). The summed E-state index contributed by atoms with van der Waals surface area (Å²) < 4.78 is 6.74. The molecule has 1 spiro atoms. The van der Waals surface area contributed by atoms with E-state index >= 15 is 0 Å². The number of quaternary nitrogens is 1. The van der Waals surface area contributed by atoms with Crippen LogP contribution < -0.4 is 9.64 Å². The summed E-state index contributed by atoms with van der Waals surface area (Å²) in [6.45, 7) is 0. The predicted molar refractivity (Wildman–Crippen MR) is 244 cm³/mol. The molecule has 1 N–H and O–H groups in total. The SMILES string of the molecule is C1=C(c2ccccc2)C=C(c2ccccc2)C2=NC(c3ccc(-c4ccc5c(c4)C4(c6ccccc6Oc6ccccc64)c4c-5c5ccccc5c5ccccc45)cc3)[NH+]12. The summed E-state index contributed by atoms with van der Waals surface area (Å²) in [5, 5.41) is 5.09. The van der Waals surface area contributed by atoms with Gasteiger partial charge in [0.05, 0.1) is 11.0 Å². The van der Waals surface area contributed by atoms with Gasteiger partial charge in [-0.05, 0) is 90.3 Å². The third-order valence-electron chi connectivity index (χ3n) is 13.2. The average molecular weight is 766 g/mol. The van der Waals surface area contributed by atoms with E-state index in [9.17, 15) is 0 Å². The molecule has 9 aromatic rings. The van der Waals surface area contributed by atoms with Crippen molar-refractivity contribution in [3.05, 3.63) is 251 Å². The van der Waals surface area contributed by atoms with Crippen molar-refractivity contribution < 1.29 is 9.64 Å². The zero-order valence-corrected chi connectivity index (χ0v) is 32.6. The van der Waals surface area contributed by atoms with Gasteiger partial charge in [-0.15, -0.1) is 0 Å². The lowest BCUT2D eigenvalue weighted by atomic mass is 9.64. The van der Waals surface area contributed by atoms with E-state index in [1.807, 2.05) is 0 Å². The first kappa shape index (κ1) is 33.4. The Labute approximate surface area is 348 Å². The van der Waals surface area contributed by atoms with Crippen LogP contribution in [-0.2, 0) is 5.41 Å². The Morgan fingerprint density at radius 2 is 1.03 bits per heavy atom. The standard InChI is InChI=1S/C57H36N2O/c1-3-15-36(16-4-1)41-33-47(38-17-5-2-6-18-38)56-58-55(59(56)35-41)39-29-27-37(28-30-39)40-31-32-46-50(34-40)57(48-23-11-13-25-51(48)60-52-26-14-12-24-49(52)57)54-45-22-10-8-20-43(45)42-19-7-9-21-44(42)53(46)54/h1-35,55H/p+1. The molecular formula is C57H37N2O+. The van der Waals surface area contributed by atoms with Crippen molar-refractivity contribution in [3.63, 3.8) is 0 Å². The van der Waals surface area contributed by atoms with Gasteiger partial charge in [0.2, 0.25) is 12.0 Å². The molecule has 0 bridgehead atoms. The number of rotatable bonds is 4. The van der Waals surface area contributed by atoms with Gasteiger partial charge in [-0.25, -0.2) is 4.90 Å². The van der Waals surface area contributed by atoms with Gasteiger partial charge in [0.25, 0.3) is 0 Å². The van der Waals surface area contributed by atoms with Crippen LogP contribution in [0.5, 0.6) is 11.5 Å². The Hall–Kier alpha value is -7.59. The molecule has 2 atom stereocenters. The van der Waals surface area contributed by atoms with Crippen molar-refractivity contribution in [3.8, 4) is 33.8 Å². The van der Waals surface area contributed by atoms with Crippen molar-refractivity contribution in [1.29, 1.82) is 0 Å². The number of hydrogen-bond acceptors (Lipinski definition) is 2. The van der Waals surface area contributed by atoms with Gasteiger partial charge in [0, 0.05) is 22.3 Å². The normalized spacial score (nSPS) is 17.6. The lowest BCUT2D eigenvalue weighted by Crippen LogP contribution is -3.15. The fraction of sp³-hybridized carbons (Fsp3) is 0.0351. The van der Waals surface area contributed by atoms with Crippen LogP contribution in [0.15, 0.2) is 217 Å². The van der Waals surface area contributed by atoms with E-state index in [1.165, 1.54) is 98.8 Å².